The summed E-state index contributed by atoms with van der Waals surface area (Å²) in [6, 6.07) is 14.8. The fourth-order valence-corrected chi connectivity index (χ4v) is 3.82. The number of hydrogen-bond donors (Lipinski definition) is 1. The summed E-state index contributed by atoms with van der Waals surface area (Å²) in [6.45, 7) is -0.303. The van der Waals surface area contributed by atoms with E-state index >= 15 is 0 Å². The zero-order valence-corrected chi connectivity index (χ0v) is 18.8. The number of fused-ring (bicyclic) bond motifs is 1. The standard InChI is InChI=1S/C25H24N2O7/c1-31-18-9-10-21(32-2)19(13-18)26-23(28)15-34-25(30)20-12-16-6-3-4-7-17(16)14-27(20)24(29)22-8-5-11-33-22/h3-11,13,20H,12,14-15H2,1-2H3,(H,26,28). The number of amides is 2. The summed E-state index contributed by atoms with van der Waals surface area (Å²) in [5, 5.41) is 2.65. The van der Waals surface area contributed by atoms with Crippen LogP contribution in [-0.2, 0) is 27.3 Å². The number of furan rings is 1. The van der Waals surface area contributed by atoms with Crippen LogP contribution in [0.2, 0.25) is 0 Å². The molecule has 176 valence electrons. The van der Waals surface area contributed by atoms with E-state index in [2.05, 4.69) is 5.32 Å². The second-order valence-corrected chi connectivity index (χ2v) is 7.62. The summed E-state index contributed by atoms with van der Waals surface area (Å²) in [7, 11) is 2.98. The molecule has 1 N–H and O–H groups in total. The van der Waals surface area contributed by atoms with E-state index < -0.39 is 30.4 Å². The minimum absolute atomic E-state index is 0.125. The molecule has 9 heteroatoms. The molecule has 4 rings (SSSR count). The highest BCUT2D eigenvalue weighted by Gasteiger charge is 2.37. The molecule has 2 heterocycles. The summed E-state index contributed by atoms with van der Waals surface area (Å²) in [6.07, 6.45) is 1.67. The number of carbonyl (C=O) groups is 3. The molecular weight excluding hydrogens is 440 g/mol. The molecule has 1 atom stereocenters. The number of nitrogens with zero attached hydrogens (tertiary/aromatic N) is 1. The van der Waals surface area contributed by atoms with Crippen LogP contribution in [0.3, 0.4) is 0 Å². The van der Waals surface area contributed by atoms with Gasteiger partial charge in [-0.1, -0.05) is 24.3 Å². The number of hydrogen-bond acceptors (Lipinski definition) is 7. The SMILES string of the molecule is COc1ccc(OC)c(NC(=O)COC(=O)C2Cc3ccccc3CN2C(=O)c2ccco2)c1. The zero-order valence-electron chi connectivity index (χ0n) is 18.8. The monoisotopic (exact) mass is 464 g/mol. The number of methoxy groups -OCH3 is 2. The van der Waals surface area contributed by atoms with Crippen LogP contribution in [0.5, 0.6) is 11.5 Å². The average Bonchev–Trinajstić information content (AvgIpc) is 3.41. The molecule has 1 aromatic heterocycles. The largest absolute Gasteiger partial charge is 0.497 e. The smallest absolute Gasteiger partial charge is 0.329 e. The highest BCUT2D eigenvalue weighted by molar-refractivity contribution is 5.97. The summed E-state index contributed by atoms with van der Waals surface area (Å²) >= 11 is 0. The third kappa shape index (κ3) is 4.88. The Hall–Kier alpha value is -4.27. The quantitative estimate of drug-likeness (QED) is 0.536. The molecule has 2 amide bonds. The van der Waals surface area contributed by atoms with Crippen LogP contribution >= 0.6 is 0 Å². The number of carbonyl (C=O) groups excluding carboxylic acids is 3. The van der Waals surface area contributed by atoms with Gasteiger partial charge >= 0.3 is 5.97 Å². The molecule has 1 aliphatic rings. The molecular formula is C25H24N2O7. The molecule has 9 nitrogen and oxygen atoms in total. The molecule has 34 heavy (non-hydrogen) atoms. The molecule has 2 aromatic carbocycles. The van der Waals surface area contributed by atoms with Crippen LogP contribution in [0.25, 0.3) is 0 Å². The Morgan fingerprint density at radius 1 is 1.03 bits per heavy atom. The third-order valence-corrected chi connectivity index (χ3v) is 5.54. The van der Waals surface area contributed by atoms with Gasteiger partial charge in [-0.3, -0.25) is 9.59 Å². The van der Waals surface area contributed by atoms with Crippen LogP contribution in [0.1, 0.15) is 21.7 Å². The summed E-state index contributed by atoms with van der Waals surface area (Å²) in [4.78, 5) is 39.9. The van der Waals surface area contributed by atoms with Gasteiger partial charge in [0, 0.05) is 19.0 Å². The van der Waals surface area contributed by atoms with Crippen molar-refractivity contribution in [3.05, 3.63) is 77.7 Å². The number of ether oxygens (including phenoxy) is 3. The topological polar surface area (TPSA) is 107 Å². The molecule has 1 unspecified atom stereocenters. The van der Waals surface area contributed by atoms with Crippen LogP contribution in [0.15, 0.2) is 65.3 Å². The molecule has 0 fully saturated rings. The van der Waals surface area contributed by atoms with E-state index in [-0.39, 0.29) is 18.7 Å². The molecule has 0 saturated carbocycles. The second kappa shape index (κ2) is 10.1. The minimum atomic E-state index is -0.897. The first-order valence-electron chi connectivity index (χ1n) is 10.6. The summed E-state index contributed by atoms with van der Waals surface area (Å²) in [5.74, 6) is -0.574. The Kier molecular flexibility index (Phi) is 6.82. The zero-order chi connectivity index (χ0) is 24.1. The van der Waals surface area contributed by atoms with E-state index in [0.29, 0.717) is 17.2 Å². The Morgan fingerprint density at radius 3 is 2.53 bits per heavy atom. The molecule has 3 aromatic rings. The number of rotatable bonds is 7. The number of anilines is 1. The number of esters is 1. The molecule has 0 saturated heterocycles. The normalized spacial score (nSPS) is 14.6. The summed E-state index contributed by atoms with van der Waals surface area (Å²) in [5.41, 5.74) is 2.26. The maximum Gasteiger partial charge on any atom is 0.329 e. The van der Waals surface area contributed by atoms with Crippen LogP contribution < -0.4 is 14.8 Å². The lowest BCUT2D eigenvalue weighted by Gasteiger charge is -2.34. The Balaban J connectivity index is 1.46. The first-order valence-corrected chi connectivity index (χ1v) is 10.6. The highest BCUT2D eigenvalue weighted by Crippen LogP contribution is 2.29. The van der Waals surface area contributed by atoms with Crippen LogP contribution in [0.4, 0.5) is 5.69 Å². The van der Waals surface area contributed by atoms with Crippen molar-refractivity contribution in [2.45, 2.75) is 19.0 Å². The van der Waals surface area contributed by atoms with Gasteiger partial charge in [0.25, 0.3) is 11.8 Å². The highest BCUT2D eigenvalue weighted by atomic mass is 16.5. The minimum Gasteiger partial charge on any atom is -0.497 e. The second-order valence-electron chi connectivity index (χ2n) is 7.62. The van der Waals surface area contributed by atoms with Gasteiger partial charge in [-0.05, 0) is 35.4 Å². The first kappa shape index (κ1) is 22.9. The fraction of sp³-hybridized carbons (Fsp3) is 0.240. The van der Waals surface area contributed by atoms with Crippen molar-refractivity contribution in [2.24, 2.45) is 0 Å². The van der Waals surface area contributed by atoms with Gasteiger partial charge in [-0.2, -0.15) is 0 Å². The Morgan fingerprint density at radius 2 is 1.82 bits per heavy atom. The average molecular weight is 464 g/mol. The van der Waals surface area contributed by atoms with E-state index in [1.807, 2.05) is 24.3 Å². The van der Waals surface area contributed by atoms with Crippen molar-refractivity contribution in [1.29, 1.82) is 0 Å². The van der Waals surface area contributed by atoms with Crippen LogP contribution in [0, 0.1) is 0 Å². The van der Waals surface area contributed by atoms with Crippen molar-refractivity contribution in [3.8, 4) is 11.5 Å². The first-order chi connectivity index (χ1) is 16.5. The van der Waals surface area contributed by atoms with Gasteiger partial charge in [-0.25, -0.2) is 4.79 Å². The Bertz CT molecular complexity index is 1190. The molecule has 0 spiro atoms. The molecule has 0 radical (unpaired) electrons. The van der Waals surface area contributed by atoms with Crippen molar-refractivity contribution in [2.75, 3.05) is 26.1 Å². The van der Waals surface area contributed by atoms with Crippen molar-refractivity contribution in [1.82, 2.24) is 4.90 Å². The lowest BCUT2D eigenvalue weighted by atomic mass is 9.93. The van der Waals surface area contributed by atoms with Gasteiger partial charge < -0.3 is 28.8 Å². The van der Waals surface area contributed by atoms with E-state index in [4.69, 9.17) is 18.6 Å². The van der Waals surface area contributed by atoms with Crippen LogP contribution in [-0.4, -0.2) is 49.6 Å². The van der Waals surface area contributed by atoms with E-state index in [1.54, 1.807) is 30.3 Å². The molecule has 1 aliphatic heterocycles. The number of benzene rings is 2. The lowest BCUT2D eigenvalue weighted by Crippen LogP contribution is -2.49. The van der Waals surface area contributed by atoms with Gasteiger partial charge in [0.2, 0.25) is 0 Å². The molecule has 0 bridgehead atoms. The predicted octanol–water partition coefficient (Wildman–Crippen LogP) is 3.05. The van der Waals surface area contributed by atoms with Gasteiger partial charge in [0.05, 0.1) is 26.2 Å². The number of nitrogens with one attached hydrogen (secondary N) is 1. The Labute approximate surface area is 196 Å². The van der Waals surface area contributed by atoms with E-state index in [9.17, 15) is 14.4 Å². The lowest BCUT2D eigenvalue weighted by molar-refractivity contribution is -0.152. The molecule has 0 aliphatic carbocycles. The van der Waals surface area contributed by atoms with E-state index in [1.165, 1.54) is 25.4 Å². The predicted molar refractivity (Wildman–Crippen MR) is 122 cm³/mol. The maximum absolute atomic E-state index is 13.0. The van der Waals surface area contributed by atoms with E-state index in [0.717, 1.165) is 11.1 Å². The third-order valence-electron chi connectivity index (χ3n) is 5.54. The summed E-state index contributed by atoms with van der Waals surface area (Å²) < 4.78 is 21.0. The van der Waals surface area contributed by atoms with Crippen molar-refractivity contribution in [3.63, 3.8) is 0 Å². The van der Waals surface area contributed by atoms with Gasteiger partial charge in [0.1, 0.15) is 17.5 Å². The maximum atomic E-state index is 13.0. The van der Waals surface area contributed by atoms with Gasteiger partial charge in [-0.15, -0.1) is 0 Å². The fourth-order valence-electron chi connectivity index (χ4n) is 3.82. The van der Waals surface area contributed by atoms with Crippen molar-refractivity contribution >= 4 is 23.5 Å². The van der Waals surface area contributed by atoms with Gasteiger partial charge in [0.15, 0.2) is 12.4 Å². The van der Waals surface area contributed by atoms with Crippen molar-refractivity contribution < 1.29 is 33.0 Å².